The molecule has 0 aromatic heterocycles. The van der Waals surface area contributed by atoms with Gasteiger partial charge >= 0.3 is 0 Å². The first kappa shape index (κ1) is 15.1. The molecule has 2 N–H and O–H groups in total. The van der Waals surface area contributed by atoms with Gasteiger partial charge in [0.1, 0.15) is 5.75 Å². The number of primary amides is 1. The zero-order valence-corrected chi connectivity index (χ0v) is 14.0. The predicted molar refractivity (Wildman–Crippen MR) is 90.4 cm³/mol. The Morgan fingerprint density at radius 1 is 1.23 bits per heavy atom. The molecule has 0 saturated carbocycles. The van der Waals surface area contributed by atoms with E-state index in [1.165, 1.54) is 11.1 Å². The lowest BCUT2D eigenvalue weighted by atomic mass is 9.78. The van der Waals surface area contributed by atoms with Crippen LogP contribution in [0.4, 0.5) is 0 Å². The zero-order valence-electron chi connectivity index (χ0n) is 12.4. The van der Waals surface area contributed by atoms with Crippen LogP contribution in [-0.2, 0) is 12.8 Å². The van der Waals surface area contributed by atoms with Gasteiger partial charge in [-0.15, -0.1) is 0 Å². The van der Waals surface area contributed by atoms with Crippen LogP contribution >= 0.6 is 15.9 Å². The maximum Gasteiger partial charge on any atom is 0.248 e. The van der Waals surface area contributed by atoms with Crippen molar-refractivity contribution in [1.82, 2.24) is 0 Å². The first-order chi connectivity index (χ1) is 10.6. The minimum atomic E-state index is -0.376. The van der Waals surface area contributed by atoms with Gasteiger partial charge in [0.05, 0.1) is 7.11 Å². The Labute approximate surface area is 138 Å². The molecule has 0 unspecified atom stereocenters. The summed E-state index contributed by atoms with van der Waals surface area (Å²) in [5.74, 6) is 0.687. The summed E-state index contributed by atoms with van der Waals surface area (Å²) in [7, 11) is 1.64. The minimum absolute atomic E-state index is 0.297. The van der Waals surface area contributed by atoms with Crippen LogP contribution in [0.3, 0.4) is 0 Å². The van der Waals surface area contributed by atoms with Crippen molar-refractivity contribution in [2.24, 2.45) is 5.73 Å². The van der Waals surface area contributed by atoms with Crippen LogP contribution in [0.2, 0.25) is 0 Å². The second kappa shape index (κ2) is 6.13. The summed E-state index contributed by atoms with van der Waals surface area (Å²) in [6, 6.07) is 11.9. The normalized spacial score (nSPS) is 16.9. The number of carbonyl (C=O) groups is 1. The van der Waals surface area contributed by atoms with Gasteiger partial charge in [-0.2, -0.15) is 0 Å². The molecule has 0 aliphatic heterocycles. The van der Waals surface area contributed by atoms with Crippen LogP contribution in [0.1, 0.15) is 39.4 Å². The lowest BCUT2D eigenvalue weighted by Gasteiger charge is -2.26. The Bertz CT molecular complexity index is 727. The van der Waals surface area contributed by atoms with E-state index in [-0.39, 0.29) is 5.91 Å². The lowest BCUT2D eigenvalue weighted by Crippen LogP contribution is -2.19. The molecule has 0 saturated heterocycles. The SMILES string of the molecule is COc1ccc(C(N)=O)c([C@@H]2CCc3cc(Br)ccc3C2)c1. The first-order valence-corrected chi connectivity index (χ1v) is 8.13. The van der Waals surface area contributed by atoms with Crippen LogP contribution in [0, 0.1) is 0 Å². The summed E-state index contributed by atoms with van der Waals surface area (Å²) < 4.78 is 6.42. The molecular formula is C18H18BrNO2. The zero-order chi connectivity index (χ0) is 15.7. The van der Waals surface area contributed by atoms with Crippen molar-refractivity contribution in [3.8, 4) is 5.75 Å². The van der Waals surface area contributed by atoms with Gasteiger partial charge in [-0.25, -0.2) is 0 Å². The van der Waals surface area contributed by atoms with Crippen molar-refractivity contribution in [3.05, 3.63) is 63.1 Å². The van der Waals surface area contributed by atoms with Crippen LogP contribution in [0.5, 0.6) is 5.75 Å². The molecule has 114 valence electrons. The summed E-state index contributed by atoms with van der Waals surface area (Å²) in [4.78, 5) is 11.7. The summed E-state index contributed by atoms with van der Waals surface area (Å²) in [5, 5.41) is 0. The predicted octanol–water partition coefficient (Wildman–Crippen LogP) is 3.83. The van der Waals surface area contributed by atoms with E-state index in [9.17, 15) is 4.79 Å². The fourth-order valence-corrected chi connectivity index (χ4v) is 3.63. The molecular weight excluding hydrogens is 342 g/mol. The van der Waals surface area contributed by atoms with E-state index < -0.39 is 0 Å². The van der Waals surface area contributed by atoms with Crippen molar-refractivity contribution >= 4 is 21.8 Å². The second-order valence-corrected chi connectivity index (χ2v) is 6.59. The van der Waals surface area contributed by atoms with Gasteiger partial charge in [-0.1, -0.05) is 22.0 Å². The van der Waals surface area contributed by atoms with E-state index in [1.54, 1.807) is 19.2 Å². The Hall–Kier alpha value is -1.81. The summed E-state index contributed by atoms with van der Waals surface area (Å²) in [6.07, 6.45) is 2.95. The highest BCUT2D eigenvalue weighted by Crippen LogP contribution is 2.36. The van der Waals surface area contributed by atoms with E-state index in [0.717, 1.165) is 35.0 Å². The third kappa shape index (κ3) is 2.88. The van der Waals surface area contributed by atoms with Gasteiger partial charge < -0.3 is 10.5 Å². The molecule has 3 nitrogen and oxygen atoms in total. The Morgan fingerprint density at radius 2 is 2.05 bits per heavy atom. The average Bonchev–Trinajstić information content (AvgIpc) is 2.53. The number of aryl methyl sites for hydroxylation is 1. The number of ether oxygens (including phenoxy) is 1. The number of amides is 1. The van der Waals surface area contributed by atoms with Crippen molar-refractivity contribution in [2.45, 2.75) is 25.2 Å². The van der Waals surface area contributed by atoms with Crippen molar-refractivity contribution in [3.63, 3.8) is 0 Å². The number of carbonyl (C=O) groups excluding carboxylic acids is 1. The number of fused-ring (bicyclic) bond motifs is 1. The quantitative estimate of drug-likeness (QED) is 0.905. The van der Waals surface area contributed by atoms with E-state index in [1.807, 2.05) is 6.07 Å². The van der Waals surface area contributed by atoms with Crippen LogP contribution in [-0.4, -0.2) is 13.0 Å². The van der Waals surface area contributed by atoms with E-state index in [0.29, 0.717) is 11.5 Å². The Balaban J connectivity index is 1.98. The van der Waals surface area contributed by atoms with Gasteiger partial charge in [0.25, 0.3) is 0 Å². The molecule has 1 aliphatic rings. The first-order valence-electron chi connectivity index (χ1n) is 7.33. The highest BCUT2D eigenvalue weighted by Gasteiger charge is 2.24. The molecule has 0 bridgehead atoms. The number of hydrogen-bond acceptors (Lipinski definition) is 2. The third-order valence-electron chi connectivity index (χ3n) is 4.36. The maximum atomic E-state index is 11.7. The van der Waals surface area contributed by atoms with Crippen molar-refractivity contribution in [1.29, 1.82) is 0 Å². The largest absolute Gasteiger partial charge is 0.497 e. The minimum Gasteiger partial charge on any atom is -0.497 e. The molecule has 0 heterocycles. The molecule has 3 rings (SSSR count). The van der Waals surface area contributed by atoms with E-state index in [4.69, 9.17) is 10.5 Å². The van der Waals surface area contributed by atoms with Crippen LogP contribution in [0.15, 0.2) is 40.9 Å². The molecule has 22 heavy (non-hydrogen) atoms. The molecule has 0 spiro atoms. The van der Waals surface area contributed by atoms with Gasteiger partial charge in [-0.05, 0) is 72.2 Å². The number of methoxy groups -OCH3 is 1. The van der Waals surface area contributed by atoms with Gasteiger partial charge in [0.15, 0.2) is 0 Å². The fourth-order valence-electron chi connectivity index (χ4n) is 3.22. The number of benzene rings is 2. The van der Waals surface area contributed by atoms with E-state index in [2.05, 4.69) is 34.1 Å². The summed E-state index contributed by atoms with van der Waals surface area (Å²) in [6.45, 7) is 0. The molecule has 1 atom stereocenters. The molecule has 1 amide bonds. The number of hydrogen-bond donors (Lipinski definition) is 1. The van der Waals surface area contributed by atoms with Crippen LogP contribution < -0.4 is 10.5 Å². The molecule has 0 fully saturated rings. The van der Waals surface area contributed by atoms with Gasteiger partial charge in [0, 0.05) is 10.0 Å². The second-order valence-electron chi connectivity index (χ2n) is 5.67. The smallest absolute Gasteiger partial charge is 0.248 e. The summed E-state index contributed by atoms with van der Waals surface area (Å²) in [5.41, 5.74) is 9.87. The number of halogens is 1. The van der Waals surface area contributed by atoms with Gasteiger partial charge in [0.2, 0.25) is 5.91 Å². The Morgan fingerprint density at radius 3 is 2.77 bits per heavy atom. The summed E-state index contributed by atoms with van der Waals surface area (Å²) >= 11 is 3.52. The average molecular weight is 360 g/mol. The van der Waals surface area contributed by atoms with Crippen LogP contribution in [0.25, 0.3) is 0 Å². The van der Waals surface area contributed by atoms with Gasteiger partial charge in [-0.3, -0.25) is 4.79 Å². The highest BCUT2D eigenvalue weighted by molar-refractivity contribution is 9.10. The number of rotatable bonds is 3. The van der Waals surface area contributed by atoms with Crippen molar-refractivity contribution < 1.29 is 9.53 Å². The molecule has 1 aliphatic carbocycles. The monoisotopic (exact) mass is 359 g/mol. The Kier molecular flexibility index (Phi) is 4.21. The van der Waals surface area contributed by atoms with E-state index >= 15 is 0 Å². The molecule has 4 heteroatoms. The topological polar surface area (TPSA) is 52.3 Å². The van der Waals surface area contributed by atoms with Crippen molar-refractivity contribution in [2.75, 3.05) is 7.11 Å². The standard InChI is InChI=1S/C18H18BrNO2/c1-22-15-6-7-16(18(20)21)17(10-15)13-3-2-12-9-14(19)5-4-11(12)8-13/h4-7,9-10,13H,2-3,8H2,1H3,(H2,20,21)/t13-/m1/s1. The molecule has 2 aromatic carbocycles. The molecule has 0 radical (unpaired) electrons. The molecule has 2 aromatic rings. The highest BCUT2D eigenvalue weighted by atomic mass is 79.9. The fraction of sp³-hybridized carbons (Fsp3) is 0.278. The lowest BCUT2D eigenvalue weighted by molar-refractivity contribution is 0.0999. The maximum absolute atomic E-state index is 11.7. The number of nitrogens with two attached hydrogens (primary N) is 1. The third-order valence-corrected chi connectivity index (χ3v) is 4.85.